The smallest absolute Gasteiger partial charge is 0.287 e. The number of nitriles is 1. The molecule has 0 unspecified atom stereocenters. The third-order valence-electron chi connectivity index (χ3n) is 2.51. The molecule has 0 saturated heterocycles. The van der Waals surface area contributed by atoms with Crippen LogP contribution in [0.2, 0.25) is 0 Å². The molecule has 0 fully saturated rings. The lowest BCUT2D eigenvalue weighted by Gasteiger charge is -2.22. The van der Waals surface area contributed by atoms with Gasteiger partial charge in [0.1, 0.15) is 11.6 Å². The van der Waals surface area contributed by atoms with Crippen molar-refractivity contribution >= 4 is 11.4 Å². The van der Waals surface area contributed by atoms with Gasteiger partial charge in [0.05, 0.1) is 4.92 Å². The van der Waals surface area contributed by atoms with Gasteiger partial charge in [-0.3, -0.25) is 10.1 Å². The molecular weight excluding hydrogens is 230 g/mol. The monoisotopic (exact) mass is 245 g/mol. The molecular formula is C13H15N3O2. The Morgan fingerprint density at radius 3 is 2.83 bits per heavy atom. The molecule has 0 aliphatic carbocycles. The molecule has 94 valence electrons. The molecule has 0 aliphatic heterocycles. The summed E-state index contributed by atoms with van der Waals surface area (Å²) in [7, 11) is 0. The second-order valence-corrected chi connectivity index (χ2v) is 3.81. The Kier molecular flexibility index (Phi) is 4.88. The summed E-state index contributed by atoms with van der Waals surface area (Å²) >= 11 is 0. The fourth-order valence-corrected chi connectivity index (χ4v) is 1.72. The molecule has 5 nitrogen and oxygen atoms in total. The van der Waals surface area contributed by atoms with E-state index < -0.39 is 4.92 Å². The molecule has 0 heterocycles. The van der Waals surface area contributed by atoms with Crippen LogP contribution in [0.15, 0.2) is 30.9 Å². The maximum Gasteiger partial charge on any atom is 0.287 e. The first kappa shape index (κ1) is 13.7. The van der Waals surface area contributed by atoms with Gasteiger partial charge in [-0.25, -0.2) is 0 Å². The van der Waals surface area contributed by atoms with Gasteiger partial charge in [-0.15, -0.1) is 6.58 Å². The van der Waals surface area contributed by atoms with Crippen LogP contribution in [0, 0.1) is 21.4 Å². The van der Waals surface area contributed by atoms with E-state index in [9.17, 15) is 10.1 Å². The lowest BCUT2D eigenvalue weighted by atomic mass is 10.1. The van der Waals surface area contributed by atoms with E-state index in [4.69, 9.17) is 5.26 Å². The highest BCUT2D eigenvalue weighted by Crippen LogP contribution is 2.24. The second-order valence-electron chi connectivity index (χ2n) is 3.81. The van der Waals surface area contributed by atoms with E-state index in [0.717, 1.165) is 18.7 Å². The van der Waals surface area contributed by atoms with Crippen LogP contribution in [0.4, 0.5) is 11.4 Å². The van der Waals surface area contributed by atoms with Crippen LogP contribution in [0.5, 0.6) is 0 Å². The second kappa shape index (κ2) is 6.40. The molecule has 18 heavy (non-hydrogen) atoms. The number of hydrogen-bond acceptors (Lipinski definition) is 4. The third-order valence-corrected chi connectivity index (χ3v) is 2.51. The van der Waals surface area contributed by atoms with Gasteiger partial charge < -0.3 is 4.90 Å². The molecule has 0 bridgehead atoms. The maximum atomic E-state index is 10.7. The zero-order valence-electron chi connectivity index (χ0n) is 10.3. The van der Waals surface area contributed by atoms with Gasteiger partial charge in [0.15, 0.2) is 0 Å². The van der Waals surface area contributed by atoms with Crippen LogP contribution in [-0.4, -0.2) is 18.0 Å². The summed E-state index contributed by atoms with van der Waals surface area (Å²) in [5, 5.41) is 19.7. The van der Waals surface area contributed by atoms with Crippen LogP contribution >= 0.6 is 0 Å². The Bertz CT molecular complexity index is 491. The van der Waals surface area contributed by atoms with E-state index in [2.05, 4.69) is 6.58 Å². The van der Waals surface area contributed by atoms with Crippen molar-refractivity contribution in [2.24, 2.45) is 0 Å². The minimum atomic E-state index is -0.542. The Morgan fingerprint density at radius 1 is 1.61 bits per heavy atom. The van der Waals surface area contributed by atoms with Crippen molar-refractivity contribution in [3.63, 3.8) is 0 Å². The van der Waals surface area contributed by atoms with E-state index in [0.29, 0.717) is 6.54 Å². The molecule has 1 aromatic carbocycles. The van der Waals surface area contributed by atoms with Gasteiger partial charge in [-0.05, 0) is 18.6 Å². The van der Waals surface area contributed by atoms with E-state index in [-0.39, 0.29) is 11.3 Å². The van der Waals surface area contributed by atoms with Crippen molar-refractivity contribution in [1.29, 1.82) is 5.26 Å². The van der Waals surface area contributed by atoms with Gasteiger partial charge in [-0.1, -0.05) is 13.0 Å². The van der Waals surface area contributed by atoms with E-state index in [1.165, 1.54) is 6.07 Å². The minimum absolute atomic E-state index is 0.0858. The number of anilines is 1. The minimum Gasteiger partial charge on any atom is -0.368 e. The van der Waals surface area contributed by atoms with Gasteiger partial charge >= 0.3 is 0 Å². The summed E-state index contributed by atoms with van der Waals surface area (Å²) in [6, 6.07) is 6.45. The summed E-state index contributed by atoms with van der Waals surface area (Å²) in [5.41, 5.74) is 0.734. The summed E-state index contributed by atoms with van der Waals surface area (Å²) < 4.78 is 0. The largest absolute Gasteiger partial charge is 0.368 e. The fraction of sp³-hybridized carbons (Fsp3) is 0.308. The van der Waals surface area contributed by atoms with Gasteiger partial charge in [0.2, 0.25) is 0 Å². The van der Waals surface area contributed by atoms with Gasteiger partial charge in [0, 0.05) is 24.8 Å². The molecule has 0 atom stereocenters. The first-order valence-corrected chi connectivity index (χ1v) is 5.68. The molecule has 0 amide bonds. The van der Waals surface area contributed by atoms with Gasteiger partial charge in [0.25, 0.3) is 5.69 Å². The number of nitro groups is 1. The van der Waals surface area contributed by atoms with Gasteiger partial charge in [-0.2, -0.15) is 5.26 Å². The highest BCUT2D eigenvalue weighted by atomic mass is 16.6. The van der Waals surface area contributed by atoms with Crippen molar-refractivity contribution in [2.75, 3.05) is 18.0 Å². The maximum absolute atomic E-state index is 10.7. The molecule has 0 aromatic heterocycles. The quantitative estimate of drug-likeness (QED) is 0.439. The van der Waals surface area contributed by atoms with Crippen LogP contribution in [-0.2, 0) is 0 Å². The molecule has 1 aromatic rings. The van der Waals surface area contributed by atoms with E-state index in [1.54, 1.807) is 18.2 Å². The van der Waals surface area contributed by atoms with E-state index in [1.807, 2.05) is 17.9 Å². The average Bonchev–Trinajstić information content (AvgIpc) is 2.37. The molecule has 5 heteroatoms. The van der Waals surface area contributed by atoms with Crippen molar-refractivity contribution in [1.82, 2.24) is 0 Å². The summed E-state index contributed by atoms with van der Waals surface area (Å²) in [6.07, 6.45) is 2.72. The SMILES string of the molecule is C=CCN(CCC)c1ccc([N+](=O)[O-])c(C#N)c1. The highest BCUT2D eigenvalue weighted by molar-refractivity contribution is 5.60. The Balaban J connectivity index is 3.14. The zero-order valence-corrected chi connectivity index (χ0v) is 10.3. The van der Waals surface area contributed by atoms with Crippen molar-refractivity contribution in [3.05, 3.63) is 46.5 Å². The first-order chi connectivity index (χ1) is 8.63. The fourth-order valence-electron chi connectivity index (χ4n) is 1.72. The molecule has 0 aliphatic rings. The Morgan fingerprint density at radius 2 is 2.33 bits per heavy atom. The predicted octanol–water partition coefficient (Wildman–Crippen LogP) is 2.87. The molecule has 0 saturated carbocycles. The zero-order chi connectivity index (χ0) is 13.5. The standard InChI is InChI=1S/C13H15N3O2/c1-3-7-15(8-4-2)12-5-6-13(16(17)18)11(9-12)10-14/h3,5-6,9H,1,4,7-8H2,2H3. The van der Waals surface area contributed by atoms with Crippen LogP contribution in [0.3, 0.4) is 0 Å². The van der Waals surface area contributed by atoms with Crippen LogP contribution in [0.25, 0.3) is 0 Å². The van der Waals surface area contributed by atoms with Crippen molar-refractivity contribution < 1.29 is 4.92 Å². The highest BCUT2D eigenvalue weighted by Gasteiger charge is 2.15. The van der Waals surface area contributed by atoms with E-state index >= 15 is 0 Å². The molecule has 0 spiro atoms. The normalized spacial score (nSPS) is 9.56. The number of nitro benzene ring substituents is 1. The van der Waals surface area contributed by atoms with Crippen molar-refractivity contribution in [3.8, 4) is 6.07 Å². The Labute approximate surface area is 106 Å². The summed E-state index contributed by atoms with van der Waals surface area (Å²) in [6.45, 7) is 7.19. The molecule has 0 N–H and O–H groups in total. The predicted molar refractivity (Wildman–Crippen MR) is 70.5 cm³/mol. The Hall–Kier alpha value is -2.35. The van der Waals surface area contributed by atoms with Crippen LogP contribution < -0.4 is 4.90 Å². The third kappa shape index (κ3) is 3.08. The lowest BCUT2D eigenvalue weighted by molar-refractivity contribution is -0.385. The number of rotatable bonds is 6. The topological polar surface area (TPSA) is 70.2 Å². The number of nitrogens with zero attached hydrogens (tertiary/aromatic N) is 3. The lowest BCUT2D eigenvalue weighted by Crippen LogP contribution is -2.24. The summed E-state index contributed by atoms with van der Waals surface area (Å²) in [5.74, 6) is 0. The molecule has 1 rings (SSSR count). The number of hydrogen-bond donors (Lipinski definition) is 0. The molecule has 0 radical (unpaired) electrons. The van der Waals surface area contributed by atoms with Crippen molar-refractivity contribution in [2.45, 2.75) is 13.3 Å². The van der Waals surface area contributed by atoms with Crippen LogP contribution in [0.1, 0.15) is 18.9 Å². The number of benzene rings is 1. The first-order valence-electron chi connectivity index (χ1n) is 5.68. The average molecular weight is 245 g/mol. The summed E-state index contributed by atoms with van der Waals surface area (Å²) in [4.78, 5) is 12.2.